The van der Waals surface area contributed by atoms with E-state index in [-0.39, 0.29) is 29.0 Å². The largest absolute Gasteiger partial charge is 0.490 e. The van der Waals surface area contributed by atoms with Crippen LogP contribution in [0.25, 0.3) is 0 Å². The highest BCUT2D eigenvalue weighted by atomic mass is 35.5. The lowest BCUT2D eigenvalue weighted by Gasteiger charge is -2.44. The number of hydrogen-bond donors (Lipinski definition) is 0. The monoisotopic (exact) mass is 667 g/mol. The third-order valence-electron chi connectivity index (χ3n) is 11.8. The van der Waals surface area contributed by atoms with E-state index in [2.05, 4.69) is 40.0 Å². The van der Waals surface area contributed by atoms with Gasteiger partial charge in [0.15, 0.2) is 5.78 Å². The van der Waals surface area contributed by atoms with Gasteiger partial charge in [-0.25, -0.2) is 14.8 Å². The Labute approximate surface area is 289 Å². The summed E-state index contributed by atoms with van der Waals surface area (Å²) >= 11 is 6.43. The first-order chi connectivity index (χ1) is 23.3. The molecule has 0 amide bonds. The molecule has 6 atom stereocenters. The van der Waals surface area contributed by atoms with Gasteiger partial charge in [0.25, 0.3) is 0 Å². The molecule has 0 unspecified atom stereocenters. The number of hydrogen-bond acceptors (Lipinski definition) is 7. The van der Waals surface area contributed by atoms with Gasteiger partial charge < -0.3 is 14.4 Å². The zero-order chi connectivity index (χ0) is 33.3. The Morgan fingerprint density at radius 2 is 1.92 bits per heavy atom. The highest BCUT2D eigenvalue weighted by Crippen LogP contribution is 2.46. The predicted molar refractivity (Wildman–Crippen MR) is 188 cm³/mol. The molecule has 4 aliphatic rings. The molecule has 3 aromatic rings. The molecule has 7 rings (SSSR count). The van der Waals surface area contributed by atoms with Crippen LogP contribution in [0.2, 0.25) is 5.02 Å². The summed E-state index contributed by atoms with van der Waals surface area (Å²) in [6.45, 7) is 4.36. The molecule has 0 N–H and O–H groups in total. The van der Waals surface area contributed by atoms with Crippen molar-refractivity contribution < 1.29 is 19.1 Å². The maximum absolute atomic E-state index is 13.8. The van der Waals surface area contributed by atoms with E-state index in [1.807, 2.05) is 42.7 Å². The summed E-state index contributed by atoms with van der Waals surface area (Å²) in [5, 5.41) is 0.760. The molecule has 2 aromatic carbocycles. The number of anilines is 1. The van der Waals surface area contributed by atoms with Gasteiger partial charge in [0.2, 0.25) is 0 Å². The van der Waals surface area contributed by atoms with Crippen LogP contribution in [0.4, 0.5) is 5.69 Å². The Morgan fingerprint density at radius 1 is 1.06 bits per heavy atom. The Balaban J connectivity index is 1.10. The molecule has 2 heterocycles. The van der Waals surface area contributed by atoms with E-state index in [0.29, 0.717) is 29.9 Å². The quantitative estimate of drug-likeness (QED) is 0.179. The minimum absolute atomic E-state index is 0.00141. The van der Waals surface area contributed by atoms with Gasteiger partial charge in [-0.15, -0.1) is 0 Å². The molecule has 48 heavy (non-hydrogen) atoms. The van der Waals surface area contributed by atoms with Crippen molar-refractivity contribution in [2.45, 2.75) is 70.1 Å². The predicted octanol–water partition coefficient (Wildman–Crippen LogP) is 7.84. The third-order valence-corrected chi connectivity index (χ3v) is 12.0. The second-order valence-corrected chi connectivity index (χ2v) is 15.0. The fourth-order valence-corrected chi connectivity index (χ4v) is 9.06. The van der Waals surface area contributed by atoms with Gasteiger partial charge in [-0.2, -0.15) is 0 Å². The number of ketones is 1. The van der Waals surface area contributed by atoms with Crippen LogP contribution in [0, 0.1) is 29.6 Å². The molecule has 0 saturated heterocycles. The molecule has 1 aromatic heterocycles. The molecular weight excluding hydrogens is 622 g/mol. The summed E-state index contributed by atoms with van der Waals surface area (Å²) in [5.74, 6) is 3.17. The normalized spacial score (nSPS) is 28.1. The van der Waals surface area contributed by atoms with E-state index in [4.69, 9.17) is 21.1 Å². The molecule has 2 fully saturated rings. The lowest BCUT2D eigenvalue weighted by atomic mass is 9.68. The molecule has 8 heteroatoms. The fraction of sp³-hybridized carbons (Fsp3) is 0.500. The number of fused-ring (bicyclic) bond motifs is 3. The molecular formula is C40H46ClN3O4. The lowest BCUT2D eigenvalue weighted by molar-refractivity contribution is -0.122. The van der Waals surface area contributed by atoms with Gasteiger partial charge >= 0.3 is 5.97 Å². The molecule has 252 valence electrons. The molecule has 0 radical (unpaired) electrons. The minimum atomic E-state index is -0.369. The summed E-state index contributed by atoms with van der Waals surface area (Å²) in [6.07, 6.45) is 17.1. The van der Waals surface area contributed by atoms with E-state index in [1.54, 1.807) is 6.07 Å². The Hall–Kier alpha value is -3.71. The number of nitrogens with zero attached hydrogens (tertiary/aromatic N) is 3. The van der Waals surface area contributed by atoms with Gasteiger partial charge in [-0.3, -0.25) is 4.79 Å². The van der Waals surface area contributed by atoms with Crippen molar-refractivity contribution in [3.8, 4) is 5.75 Å². The van der Waals surface area contributed by atoms with E-state index in [9.17, 15) is 9.59 Å². The van der Waals surface area contributed by atoms with Gasteiger partial charge in [0, 0.05) is 48.3 Å². The second-order valence-electron chi connectivity index (χ2n) is 14.6. The number of allylic oxidation sites excluding steroid dienone is 2. The molecule has 7 nitrogen and oxygen atoms in total. The van der Waals surface area contributed by atoms with Crippen molar-refractivity contribution in [2.75, 3.05) is 31.7 Å². The van der Waals surface area contributed by atoms with E-state index in [1.165, 1.54) is 24.7 Å². The number of ether oxygens (including phenoxy) is 2. The highest BCUT2D eigenvalue weighted by molar-refractivity contribution is 6.30. The van der Waals surface area contributed by atoms with Crippen molar-refractivity contribution >= 4 is 29.0 Å². The van der Waals surface area contributed by atoms with Crippen LogP contribution in [-0.4, -0.2) is 48.5 Å². The lowest BCUT2D eigenvalue weighted by Crippen LogP contribution is -2.49. The van der Waals surface area contributed by atoms with Gasteiger partial charge in [0.1, 0.15) is 11.6 Å². The minimum Gasteiger partial charge on any atom is -0.490 e. The number of benzene rings is 2. The fourth-order valence-electron chi connectivity index (χ4n) is 8.87. The van der Waals surface area contributed by atoms with Crippen molar-refractivity contribution in [3.05, 3.63) is 94.5 Å². The van der Waals surface area contributed by atoms with E-state index in [0.717, 1.165) is 86.7 Å². The van der Waals surface area contributed by atoms with Crippen molar-refractivity contribution in [1.29, 1.82) is 0 Å². The number of rotatable bonds is 8. The summed E-state index contributed by atoms with van der Waals surface area (Å²) in [5.41, 5.74) is 3.76. The van der Waals surface area contributed by atoms with Crippen molar-refractivity contribution in [2.24, 2.45) is 29.6 Å². The first-order valence-corrected chi connectivity index (χ1v) is 18.1. The summed E-state index contributed by atoms with van der Waals surface area (Å²) in [7, 11) is 1.41. The zero-order valence-electron chi connectivity index (χ0n) is 28.1. The van der Waals surface area contributed by atoms with Crippen molar-refractivity contribution in [1.82, 2.24) is 9.97 Å². The van der Waals surface area contributed by atoms with Crippen LogP contribution in [-0.2, 0) is 27.8 Å². The number of aromatic nitrogens is 2. The molecule has 2 saturated carbocycles. The standard InChI is InChI=1S/C40H46ClN3O4/c1-26-27(6-3-7-28(26)22-38-42-18-5-19-43-38)10-15-36(45)33-13-9-31(33)23-44-24-40(17-4-8-29-20-32(41)12-14-34(29)40)25-48-37-16-11-30(21-35(37)44)39(46)47-2/h5,10-12,14-16,18-21,26-28,31,33H,3-4,6-9,13,17,22-25H2,1-2H3/b15-10+/t26-,27-,28-,31+,33-,40+/m1/s1. The van der Waals surface area contributed by atoms with E-state index < -0.39 is 0 Å². The van der Waals surface area contributed by atoms with Crippen LogP contribution >= 0.6 is 11.6 Å². The Bertz CT molecular complexity index is 1680. The molecule has 0 bridgehead atoms. The highest BCUT2D eigenvalue weighted by Gasteiger charge is 2.44. The SMILES string of the molecule is COC(=O)c1ccc2c(c1)N(C[C@@H]1CC[C@H]1C(=O)/C=C/[C@H]1CCC[C@H](Cc3ncccn3)[C@@H]1C)C[C@@]1(CCCc3cc(Cl)ccc31)CO2. The summed E-state index contributed by atoms with van der Waals surface area (Å²) in [4.78, 5) is 37.7. The molecule has 1 aliphatic heterocycles. The Morgan fingerprint density at radius 3 is 2.71 bits per heavy atom. The van der Waals surface area contributed by atoms with Gasteiger partial charge in [-0.1, -0.05) is 37.1 Å². The maximum Gasteiger partial charge on any atom is 0.337 e. The van der Waals surface area contributed by atoms with Crippen LogP contribution < -0.4 is 9.64 Å². The first-order valence-electron chi connectivity index (χ1n) is 17.7. The molecule has 1 spiro atoms. The van der Waals surface area contributed by atoms with Gasteiger partial charge in [0.05, 0.1) is 25.0 Å². The van der Waals surface area contributed by atoms with Crippen LogP contribution in [0.3, 0.4) is 0 Å². The number of carbonyl (C=O) groups is 2. The number of aryl methyl sites for hydroxylation is 1. The number of carbonyl (C=O) groups excluding carboxylic acids is 2. The Kier molecular flexibility index (Phi) is 9.59. The zero-order valence-corrected chi connectivity index (χ0v) is 28.8. The van der Waals surface area contributed by atoms with Crippen LogP contribution in [0.5, 0.6) is 5.75 Å². The maximum atomic E-state index is 13.8. The van der Waals surface area contributed by atoms with E-state index >= 15 is 0 Å². The molecule has 3 aliphatic carbocycles. The number of esters is 1. The number of methoxy groups -OCH3 is 1. The topological polar surface area (TPSA) is 81.6 Å². The first kappa shape index (κ1) is 32.8. The second kappa shape index (κ2) is 14.0. The average Bonchev–Trinajstić information content (AvgIpc) is 3.23. The summed E-state index contributed by atoms with van der Waals surface area (Å²) in [6, 6.07) is 13.7. The average molecular weight is 668 g/mol. The van der Waals surface area contributed by atoms with Crippen LogP contribution in [0.1, 0.15) is 79.2 Å². The smallest absolute Gasteiger partial charge is 0.337 e. The van der Waals surface area contributed by atoms with Crippen molar-refractivity contribution in [3.63, 3.8) is 0 Å². The number of halogens is 1. The third kappa shape index (κ3) is 6.63. The van der Waals surface area contributed by atoms with Crippen LogP contribution in [0.15, 0.2) is 67.0 Å². The van der Waals surface area contributed by atoms with Gasteiger partial charge in [-0.05, 0) is 122 Å². The summed E-state index contributed by atoms with van der Waals surface area (Å²) < 4.78 is 11.7.